The number of hydrogen-bond donors (Lipinski definition) is 1. The number of fused-ring (bicyclic) bond motifs is 1. The Morgan fingerprint density at radius 3 is 2.62 bits per heavy atom. The number of rotatable bonds is 1. The van der Waals surface area contributed by atoms with Gasteiger partial charge in [-0.05, 0) is 18.2 Å². The van der Waals surface area contributed by atoms with Crippen molar-refractivity contribution in [3.8, 4) is 5.95 Å². The molecule has 6 nitrogen and oxygen atoms in total. The van der Waals surface area contributed by atoms with Crippen LogP contribution in [0.15, 0.2) is 41.6 Å². The summed E-state index contributed by atoms with van der Waals surface area (Å²) >= 11 is 0. The summed E-state index contributed by atoms with van der Waals surface area (Å²) in [7, 11) is 0. The quantitative estimate of drug-likeness (QED) is 0.638. The van der Waals surface area contributed by atoms with E-state index in [-0.39, 0.29) is 5.69 Å². The molecule has 3 aromatic heterocycles. The molecule has 0 saturated heterocycles. The Bertz CT molecular complexity index is 685. The second kappa shape index (κ2) is 3.27. The molecule has 0 unspecified atom stereocenters. The van der Waals surface area contributed by atoms with Gasteiger partial charge in [0.1, 0.15) is 0 Å². The fourth-order valence-electron chi connectivity index (χ4n) is 1.55. The van der Waals surface area contributed by atoms with E-state index in [1.54, 1.807) is 36.8 Å². The normalized spacial score (nSPS) is 10.8. The molecule has 0 spiro atoms. The molecule has 3 rings (SSSR count). The van der Waals surface area contributed by atoms with Crippen LogP contribution in [0.5, 0.6) is 0 Å². The van der Waals surface area contributed by atoms with Crippen molar-refractivity contribution in [2.24, 2.45) is 0 Å². The van der Waals surface area contributed by atoms with Crippen LogP contribution in [-0.4, -0.2) is 24.5 Å². The minimum absolute atomic E-state index is 0.292. The average molecular weight is 213 g/mol. The van der Waals surface area contributed by atoms with Crippen LogP contribution in [0.4, 0.5) is 0 Å². The third-order valence-electron chi connectivity index (χ3n) is 2.21. The molecule has 0 aliphatic carbocycles. The second-order valence-electron chi connectivity index (χ2n) is 3.19. The molecule has 3 aromatic rings. The molecule has 0 aromatic carbocycles. The number of pyridine rings is 1. The number of imidazole rings is 1. The Morgan fingerprint density at radius 1 is 1.06 bits per heavy atom. The third-order valence-corrected chi connectivity index (χ3v) is 2.21. The van der Waals surface area contributed by atoms with Crippen LogP contribution in [0.25, 0.3) is 17.1 Å². The standard InChI is InChI=1S/C10H7N5O/c16-10-14-8-7(3-1-4-11-8)15(10)9-12-5-2-6-13-9/h1-6H,(H,11,14,16). The summed E-state index contributed by atoms with van der Waals surface area (Å²) < 4.78 is 1.39. The number of aromatic nitrogens is 5. The van der Waals surface area contributed by atoms with Gasteiger partial charge in [-0.25, -0.2) is 24.3 Å². The van der Waals surface area contributed by atoms with Crippen LogP contribution < -0.4 is 5.69 Å². The zero-order chi connectivity index (χ0) is 11.0. The van der Waals surface area contributed by atoms with Gasteiger partial charge in [0.25, 0.3) is 0 Å². The fraction of sp³-hybridized carbons (Fsp3) is 0. The van der Waals surface area contributed by atoms with Gasteiger partial charge >= 0.3 is 5.69 Å². The molecule has 0 bridgehead atoms. The molecule has 3 heterocycles. The third kappa shape index (κ3) is 1.20. The van der Waals surface area contributed by atoms with E-state index in [0.717, 1.165) is 0 Å². The summed E-state index contributed by atoms with van der Waals surface area (Å²) in [5.74, 6) is 0.340. The summed E-state index contributed by atoms with van der Waals surface area (Å²) in [6.45, 7) is 0. The first kappa shape index (κ1) is 8.78. The smallest absolute Gasteiger partial charge is 0.290 e. The molecule has 1 N–H and O–H groups in total. The number of H-pyrrole nitrogens is 1. The van der Waals surface area contributed by atoms with Gasteiger partial charge in [0.15, 0.2) is 5.65 Å². The maximum Gasteiger partial charge on any atom is 0.334 e. The van der Waals surface area contributed by atoms with Crippen LogP contribution in [0.2, 0.25) is 0 Å². The lowest BCUT2D eigenvalue weighted by molar-refractivity contribution is 0.909. The highest BCUT2D eigenvalue weighted by Crippen LogP contribution is 2.08. The first-order valence-corrected chi connectivity index (χ1v) is 4.69. The highest BCUT2D eigenvalue weighted by atomic mass is 16.1. The minimum atomic E-state index is -0.292. The van der Waals surface area contributed by atoms with Gasteiger partial charge in [0, 0.05) is 18.6 Å². The largest absolute Gasteiger partial charge is 0.334 e. The summed E-state index contributed by atoms with van der Waals surface area (Å²) in [5, 5.41) is 0. The Hall–Kier alpha value is -2.50. The molecule has 16 heavy (non-hydrogen) atoms. The maximum absolute atomic E-state index is 11.7. The van der Waals surface area contributed by atoms with Gasteiger partial charge in [-0.2, -0.15) is 0 Å². The van der Waals surface area contributed by atoms with Crippen molar-refractivity contribution >= 4 is 11.2 Å². The Morgan fingerprint density at radius 2 is 1.81 bits per heavy atom. The number of nitrogens with zero attached hydrogens (tertiary/aromatic N) is 4. The molecular weight excluding hydrogens is 206 g/mol. The lowest BCUT2D eigenvalue weighted by Gasteiger charge is -1.98. The second-order valence-corrected chi connectivity index (χ2v) is 3.19. The van der Waals surface area contributed by atoms with Crippen LogP contribution in [0.3, 0.4) is 0 Å². The molecule has 0 amide bonds. The predicted octanol–water partition coefficient (Wildman–Crippen LogP) is 0.504. The Balaban J connectivity index is 2.40. The molecule has 0 radical (unpaired) electrons. The highest BCUT2D eigenvalue weighted by molar-refractivity contribution is 5.71. The number of hydrogen-bond acceptors (Lipinski definition) is 4. The van der Waals surface area contributed by atoms with E-state index >= 15 is 0 Å². The zero-order valence-electron chi connectivity index (χ0n) is 8.16. The van der Waals surface area contributed by atoms with Crippen molar-refractivity contribution in [3.63, 3.8) is 0 Å². The van der Waals surface area contributed by atoms with Crippen molar-refractivity contribution in [2.75, 3.05) is 0 Å². The van der Waals surface area contributed by atoms with Crippen LogP contribution >= 0.6 is 0 Å². The van der Waals surface area contributed by atoms with E-state index in [9.17, 15) is 4.79 Å². The minimum Gasteiger partial charge on any atom is -0.290 e. The van der Waals surface area contributed by atoms with Crippen molar-refractivity contribution in [3.05, 3.63) is 47.3 Å². The van der Waals surface area contributed by atoms with Crippen LogP contribution in [-0.2, 0) is 0 Å². The van der Waals surface area contributed by atoms with Gasteiger partial charge in [0.05, 0.1) is 5.52 Å². The Labute approximate surface area is 89.6 Å². The van der Waals surface area contributed by atoms with E-state index in [1.165, 1.54) is 4.57 Å². The highest BCUT2D eigenvalue weighted by Gasteiger charge is 2.09. The summed E-state index contributed by atoms with van der Waals surface area (Å²) in [6, 6.07) is 5.24. The molecule has 0 saturated carbocycles. The van der Waals surface area contributed by atoms with Crippen molar-refractivity contribution < 1.29 is 0 Å². The molecule has 0 aliphatic heterocycles. The fourth-order valence-corrected chi connectivity index (χ4v) is 1.55. The van der Waals surface area contributed by atoms with Gasteiger partial charge in [-0.3, -0.25) is 4.98 Å². The number of nitrogens with one attached hydrogen (secondary N) is 1. The van der Waals surface area contributed by atoms with E-state index in [4.69, 9.17) is 0 Å². The molecule has 0 atom stereocenters. The summed E-state index contributed by atoms with van der Waals surface area (Å²) in [4.78, 5) is 26.5. The van der Waals surface area contributed by atoms with Gasteiger partial charge in [-0.15, -0.1) is 0 Å². The summed E-state index contributed by atoms with van der Waals surface area (Å²) in [6.07, 6.45) is 4.79. The molecule has 6 heteroatoms. The first-order chi connectivity index (χ1) is 7.86. The van der Waals surface area contributed by atoms with E-state index in [0.29, 0.717) is 17.1 Å². The first-order valence-electron chi connectivity index (χ1n) is 4.69. The lowest BCUT2D eigenvalue weighted by Crippen LogP contribution is -2.16. The lowest BCUT2D eigenvalue weighted by atomic mass is 10.4. The van der Waals surface area contributed by atoms with Crippen molar-refractivity contribution in [1.82, 2.24) is 24.5 Å². The van der Waals surface area contributed by atoms with Gasteiger partial charge in [-0.1, -0.05) is 0 Å². The van der Waals surface area contributed by atoms with Gasteiger partial charge in [0.2, 0.25) is 5.95 Å². The van der Waals surface area contributed by atoms with Crippen molar-refractivity contribution in [1.29, 1.82) is 0 Å². The van der Waals surface area contributed by atoms with E-state index < -0.39 is 0 Å². The Kier molecular flexibility index (Phi) is 1.79. The van der Waals surface area contributed by atoms with Gasteiger partial charge < -0.3 is 0 Å². The van der Waals surface area contributed by atoms with E-state index in [2.05, 4.69) is 19.9 Å². The maximum atomic E-state index is 11.7. The SMILES string of the molecule is O=c1[nH]c2ncccc2n1-c1ncccn1. The van der Waals surface area contributed by atoms with E-state index in [1.807, 2.05) is 0 Å². The zero-order valence-corrected chi connectivity index (χ0v) is 8.16. The molecule has 0 aliphatic rings. The summed E-state index contributed by atoms with van der Waals surface area (Å²) in [5.41, 5.74) is 0.901. The van der Waals surface area contributed by atoms with Crippen LogP contribution in [0, 0.1) is 0 Å². The number of aromatic amines is 1. The molecular formula is C10H7N5O. The molecule has 78 valence electrons. The monoisotopic (exact) mass is 213 g/mol. The molecule has 0 fully saturated rings. The average Bonchev–Trinajstić information content (AvgIpc) is 2.66. The van der Waals surface area contributed by atoms with Crippen LogP contribution in [0.1, 0.15) is 0 Å². The van der Waals surface area contributed by atoms with Crippen molar-refractivity contribution in [2.45, 2.75) is 0 Å². The predicted molar refractivity (Wildman–Crippen MR) is 57.3 cm³/mol. The topological polar surface area (TPSA) is 76.5 Å².